The molecule has 0 aliphatic rings. The first-order valence-electron chi connectivity index (χ1n) is 7.25. The molecule has 1 unspecified atom stereocenters. The molecule has 0 heterocycles. The van der Waals surface area contributed by atoms with Gasteiger partial charge in [0, 0.05) is 31.6 Å². The van der Waals surface area contributed by atoms with E-state index in [1.54, 1.807) is 0 Å². The van der Waals surface area contributed by atoms with Gasteiger partial charge in [-0.15, -0.1) is 0 Å². The first-order valence-corrected chi connectivity index (χ1v) is 7.77. The van der Waals surface area contributed by atoms with Gasteiger partial charge in [-0.1, -0.05) is 6.92 Å². The summed E-state index contributed by atoms with van der Waals surface area (Å²) in [5.41, 5.74) is 0. The number of carbonyl (C=O) groups is 1. The molecule has 0 spiro atoms. The summed E-state index contributed by atoms with van der Waals surface area (Å²) in [6.07, 6.45) is 4.84. The Bertz CT molecular complexity index is 213. The Kier molecular flexibility index (Phi) is 14.2. The minimum Gasteiger partial charge on any atom is -0.381 e. The van der Waals surface area contributed by atoms with Gasteiger partial charge in [0.25, 0.3) is 0 Å². The fourth-order valence-electron chi connectivity index (χ4n) is 1.47. The minimum atomic E-state index is 0.157. The van der Waals surface area contributed by atoms with E-state index in [4.69, 9.17) is 9.47 Å². The minimum absolute atomic E-state index is 0.157. The third-order valence-corrected chi connectivity index (χ3v) is 2.82. The molecule has 114 valence electrons. The lowest BCUT2D eigenvalue weighted by Gasteiger charge is -2.07. The average molecular weight is 291 g/mol. The molecule has 0 aliphatic carbocycles. The second kappa shape index (κ2) is 14.3. The Labute approximate surface area is 123 Å². The van der Waals surface area contributed by atoms with Crippen molar-refractivity contribution in [2.24, 2.45) is 0 Å². The fraction of sp³-hybridized carbons (Fsp3) is 0.929. The van der Waals surface area contributed by atoms with Crippen LogP contribution in [0.25, 0.3) is 0 Å². The zero-order chi connectivity index (χ0) is 14.3. The number of unbranched alkanes of at least 4 members (excludes halogenated alkanes) is 2. The molecule has 19 heavy (non-hydrogen) atoms. The van der Waals surface area contributed by atoms with Crippen LogP contribution in [-0.2, 0) is 14.3 Å². The smallest absolute Gasteiger partial charge is 0.158 e. The predicted molar refractivity (Wildman–Crippen MR) is 81.9 cm³/mol. The molecule has 1 atom stereocenters. The van der Waals surface area contributed by atoms with E-state index < -0.39 is 0 Å². The highest BCUT2D eigenvalue weighted by molar-refractivity contribution is 7.80. The molecule has 0 aliphatic heterocycles. The van der Waals surface area contributed by atoms with E-state index in [0.717, 1.165) is 32.4 Å². The molecule has 0 bridgehead atoms. The third kappa shape index (κ3) is 15.8. The Morgan fingerprint density at radius 2 is 1.79 bits per heavy atom. The number of thiol groups is 1. The lowest BCUT2D eigenvalue weighted by molar-refractivity contribution is -0.123. The number of hydrogen-bond acceptors (Lipinski definition) is 5. The average Bonchev–Trinajstić information content (AvgIpc) is 2.39. The zero-order valence-corrected chi connectivity index (χ0v) is 13.2. The van der Waals surface area contributed by atoms with E-state index >= 15 is 0 Å². The van der Waals surface area contributed by atoms with Crippen LogP contribution in [0.15, 0.2) is 0 Å². The Hall–Kier alpha value is -0.100. The molecule has 5 heteroatoms. The van der Waals surface area contributed by atoms with E-state index in [-0.39, 0.29) is 17.8 Å². The highest BCUT2D eigenvalue weighted by atomic mass is 32.1. The topological polar surface area (TPSA) is 47.6 Å². The standard InChI is InChI=1S/C14H29NO3S/c1-3-14(16)12-18-11-7-10-17-9-6-4-5-8-15-13(2)19/h13,15,19H,3-12H2,1-2H3. The van der Waals surface area contributed by atoms with Crippen LogP contribution in [0, 0.1) is 0 Å². The van der Waals surface area contributed by atoms with Crippen molar-refractivity contribution in [2.75, 3.05) is 33.0 Å². The van der Waals surface area contributed by atoms with Crippen LogP contribution in [0.2, 0.25) is 0 Å². The maximum absolute atomic E-state index is 10.9. The van der Waals surface area contributed by atoms with Crippen molar-refractivity contribution in [1.82, 2.24) is 5.32 Å². The molecule has 0 aromatic carbocycles. The second-order valence-electron chi connectivity index (χ2n) is 4.60. The van der Waals surface area contributed by atoms with Gasteiger partial charge in [0.1, 0.15) is 6.61 Å². The molecular formula is C14H29NO3S. The van der Waals surface area contributed by atoms with Gasteiger partial charge in [0.15, 0.2) is 5.78 Å². The van der Waals surface area contributed by atoms with E-state index in [0.29, 0.717) is 19.6 Å². The van der Waals surface area contributed by atoms with Gasteiger partial charge in [-0.25, -0.2) is 0 Å². The van der Waals surface area contributed by atoms with Crippen molar-refractivity contribution in [3.8, 4) is 0 Å². The monoisotopic (exact) mass is 291 g/mol. The largest absolute Gasteiger partial charge is 0.381 e. The van der Waals surface area contributed by atoms with Crippen molar-refractivity contribution in [3.63, 3.8) is 0 Å². The normalized spacial score (nSPS) is 12.6. The summed E-state index contributed by atoms with van der Waals surface area (Å²) < 4.78 is 10.7. The first-order chi connectivity index (χ1) is 9.16. The maximum atomic E-state index is 10.9. The van der Waals surface area contributed by atoms with Crippen molar-refractivity contribution >= 4 is 18.4 Å². The van der Waals surface area contributed by atoms with Gasteiger partial charge >= 0.3 is 0 Å². The first kappa shape index (κ1) is 18.9. The number of rotatable bonds is 14. The Balaban J connectivity index is 3.01. The van der Waals surface area contributed by atoms with Crippen LogP contribution >= 0.6 is 12.6 Å². The predicted octanol–water partition coefficient (Wildman–Crippen LogP) is 2.42. The SMILES string of the molecule is CCC(=O)COCCCOCCCCCNC(C)S. The van der Waals surface area contributed by atoms with Crippen LogP contribution in [0.4, 0.5) is 0 Å². The van der Waals surface area contributed by atoms with Crippen molar-refractivity contribution in [2.45, 2.75) is 51.3 Å². The molecular weight excluding hydrogens is 262 g/mol. The third-order valence-electron chi connectivity index (χ3n) is 2.64. The van der Waals surface area contributed by atoms with Crippen LogP contribution in [0.1, 0.15) is 46.0 Å². The molecule has 0 fully saturated rings. The van der Waals surface area contributed by atoms with Gasteiger partial charge < -0.3 is 14.8 Å². The molecule has 0 aromatic heterocycles. The summed E-state index contributed by atoms with van der Waals surface area (Å²) in [7, 11) is 0. The summed E-state index contributed by atoms with van der Waals surface area (Å²) in [4.78, 5) is 10.9. The Morgan fingerprint density at radius 3 is 2.47 bits per heavy atom. The van der Waals surface area contributed by atoms with Crippen LogP contribution in [0.3, 0.4) is 0 Å². The second-order valence-corrected chi connectivity index (χ2v) is 5.38. The van der Waals surface area contributed by atoms with Crippen LogP contribution in [-0.4, -0.2) is 44.1 Å². The van der Waals surface area contributed by atoms with E-state index in [1.807, 2.05) is 13.8 Å². The lowest BCUT2D eigenvalue weighted by Crippen LogP contribution is -2.21. The van der Waals surface area contributed by atoms with Crippen molar-refractivity contribution < 1.29 is 14.3 Å². The number of Topliss-reactive ketones (excluding diaryl/α,β-unsaturated/α-hetero) is 1. The van der Waals surface area contributed by atoms with Gasteiger partial charge in [-0.2, -0.15) is 12.6 Å². The van der Waals surface area contributed by atoms with E-state index in [1.165, 1.54) is 6.42 Å². The lowest BCUT2D eigenvalue weighted by atomic mass is 10.2. The van der Waals surface area contributed by atoms with Crippen LogP contribution < -0.4 is 5.32 Å². The molecule has 0 saturated heterocycles. The summed E-state index contributed by atoms with van der Waals surface area (Å²) in [5.74, 6) is 0.157. The molecule has 0 saturated carbocycles. The quantitative estimate of drug-likeness (QED) is 0.293. The number of nitrogens with one attached hydrogen (secondary N) is 1. The molecule has 0 aromatic rings. The summed E-state index contributed by atoms with van der Waals surface area (Å²) in [6.45, 7) is 7.27. The number of carbonyl (C=O) groups excluding carboxylic acids is 1. The fourth-order valence-corrected chi connectivity index (χ4v) is 1.60. The number of hydrogen-bond donors (Lipinski definition) is 2. The summed E-state index contributed by atoms with van der Waals surface area (Å²) >= 11 is 4.25. The molecule has 0 amide bonds. The van der Waals surface area contributed by atoms with Gasteiger partial charge in [-0.05, 0) is 39.2 Å². The Morgan fingerprint density at radius 1 is 1.11 bits per heavy atom. The van der Waals surface area contributed by atoms with Crippen LogP contribution in [0.5, 0.6) is 0 Å². The highest BCUT2D eigenvalue weighted by Crippen LogP contribution is 1.97. The summed E-state index contributed by atoms with van der Waals surface area (Å²) in [6, 6.07) is 0. The van der Waals surface area contributed by atoms with Gasteiger partial charge in [0.05, 0.1) is 0 Å². The summed E-state index contributed by atoms with van der Waals surface area (Å²) in [5, 5.41) is 3.54. The highest BCUT2D eigenvalue weighted by Gasteiger charge is 1.97. The zero-order valence-electron chi connectivity index (χ0n) is 12.3. The van der Waals surface area contributed by atoms with Gasteiger partial charge in [-0.3, -0.25) is 4.79 Å². The molecule has 1 N–H and O–H groups in total. The molecule has 0 radical (unpaired) electrons. The van der Waals surface area contributed by atoms with Gasteiger partial charge in [0.2, 0.25) is 0 Å². The van der Waals surface area contributed by atoms with E-state index in [2.05, 4.69) is 17.9 Å². The van der Waals surface area contributed by atoms with Crippen molar-refractivity contribution in [1.29, 1.82) is 0 Å². The number of ketones is 1. The maximum Gasteiger partial charge on any atom is 0.158 e. The number of ether oxygens (including phenoxy) is 2. The van der Waals surface area contributed by atoms with E-state index in [9.17, 15) is 4.79 Å². The van der Waals surface area contributed by atoms with Crippen molar-refractivity contribution in [3.05, 3.63) is 0 Å². The molecule has 4 nitrogen and oxygen atoms in total. The molecule has 0 rings (SSSR count).